The Labute approximate surface area is 125 Å². The van der Waals surface area contributed by atoms with Crippen LogP contribution in [0.15, 0.2) is 24.4 Å². The van der Waals surface area contributed by atoms with E-state index in [2.05, 4.69) is 17.0 Å². The third-order valence-corrected chi connectivity index (χ3v) is 4.35. The van der Waals surface area contributed by atoms with Gasteiger partial charge in [0.15, 0.2) is 0 Å². The Morgan fingerprint density at radius 2 is 1.86 bits per heavy atom. The average molecular weight is 286 g/mol. The van der Waals surface area contributed by atoms with Crippen LogP contribution in [0.1, 0.15) is 36.0 Å². The van der Waals surface area contributed by atoms with Crippen molar-refractivity contribution >= 4 is 22.6 Å². The summed E-state index contributed by atoms with van der Waals surface area (Å²) in [5, 5.41) is 0.961. The number of hydrogen-bond donors (Lipinski definition) is 0. The van der Waals surface area contributed by atoms with E-state index in [1.165, 1.54) is 38.5 Å². The van der Waals surface area contributed by atoms with E-state index >= 15 is 0 Å². The van der Waals surface area contributed by atoms with Gasteiger partial charge < -0.3 is 14.2 Å². The number of benzene rings is 1. The number of aromatic nitrogens is 1. The number of fused-ring (bicyclic) bond motifs is 1. The molecule has 0 N–H and O–H groups in total. The second kappa shape index (κ2) is 5.80. The molecule has 1 aromatic heterocycles. The number of nitrogens with zero attached hydrogens (tertiary/aromatic N) is 2. The summed E-state index contributed by atoms with van der Waals surface area (Å²) >= 11 is 0. The maximum Gasteiger partial charge on any atom is 0.340 e. The number of esters is 1. The average Bonchev–Trinajstić information content (AvgIpc) is 2.71. The molecule has 1 saturated heterocycles. The molecule has 0 saturated carbocycles. The van der Waals surface area contributed by atoms with Crippen LogP contribution < -0.4 is 4.90 Å². The maximum atomic E-state index is 11.8. The summed E-state index contributed by atoms with van der Waals surface area (Å²) in [6.45, 7) is 2.25. The predicted octanol–water partition coefficient (Wildman–Crippen LogP) is 3.35. The molecule has 112 valence electrons. The summed E-state index contributed by atoms with van der Waals surface area (Å²) in [5.74, 6) is -0.275. The third-order valence-electron chi connectivity index (χ3n) is 4.35. The van der Waals surface area contributed by atoms with E-state index in [-0.39, 0.29) is 5.97 Å². The highest BCUT2D eigenvalue weighted by atomic mass is 16.5. The molecule has 1 aromatic carbocycles. The Morgan fingerprint density at radius 3 is 2.52 bits per heavy atom. The normalized spacial score (nSPS) is 16.0. The van der Waals surface area contributed by atoms with E-state index in [0.29, 0.717) is 5.56 Å². The highest BCUT2D eigenvalue weighted by Gasteiger charge is 2.16. The van der Waals surface area contributed by atoms with Crippen molar-refractivity contribution in [3.8, 4) is 0 Å². The van der Waals surface area contributed by atoms with Gasteiger partial charge in [0.05, 0.1) is 18.2 Å². The van der Waals surface area contributed by atoms with Gasteiger partial charge in [0.1, 0.15) is 0 Å². The lowest BCUT2D eigenvalue weighted by atomic mass is 10.1. The zero-order valence-corrected chi connectivity index (χ0v) is 12.8. The van der Waals surface area contributed by atoms with Gasteiger partial charge in [-0.25, -0.2) is 4.79 Å². The predicted molar refractivity (Wildman–Crippen MR) is 84.9 cm³/mol. The first-order valence-corrected chi connectivity index (χ1v) is 7.63. The highest BCUT2D eigenvalue weighted by molar-refractivity contribution is 6.05. The fraction of sp³-hybridized carbons (Fsp3) is 0.471. The summed E-state index contributed by atoms with van der Waals surface area (Å²) in [6.07, 6.45) is 7.03. The summed E-state index contributed by atoms with van der Waals surface area (Å²) in [7, 11) is 3.40. The molecule has 21 heavy (non-hydrogen) atoms. The lowest BCUT2D eigenvalue weighted by Gasteiger charge is -2.22. The van der Waals surface area contributed by atoms with Crippen molar-refractivity contribution in [2.75, 3.05) is 25.1 Å². The van der Waals surface area contributed by atoms with Crippen LogP contribution in [0.3, 0.4) is 0 Å². The Balaban J connectivity index is 2.00. The standard InChI is InChI=1S/C17H22N2O2/c1-18-12-15(17(20)21-2)14-8-7-13(11-16(14)18)19-9-5-3-4-6-10-19/h7-8,11-12H,3-6,9-10H2,1-2H3. The van der Waals surface area contributed by atoms with E-state index in [1.54, 1.807) is 0 Å². The van der Waals surface area contributed by atoms with Crippen LogP contribution in [0.5, 0.6) is 0 Å². The number of anilines is 1. The van der Waals surface area contributed by atoms with Gasteiger partial charge in [-0.2, -0.15) is 0 Å². The second-order valence-electron chi connectivity index (χ2n) is 5.75. The molecule has 0 radical (unpaired) electrons. The van der Waals surface area contributed by atoms with Crippen molar-refractivity contribution in [2.24, 2.45) is 7.05 Å². The van der Waals surface area contributed by atoms with Gasteiger partial charge in [-0.05, 0) is 31.0 Å². The van der Waals surface area contributed by atoms with Crippen molar-refractivity contribution in [3.05, 3.63) is 30.0 Å². The molecule has 0 spiro atoms. The topological polar surface area (TPSA) is 34.5 Å². The van der Waals surface area contributed by atoms with Gasteiger partial charge in [0.2, 0.25) is 0 Å². The number of ether oxygens (including phenoxy) is 1. The number of hydrogen-bond acceptors (Lipinski definition) is 3. The first-order chi connectivity index (χ1) is 10.2. The van der Waals surface area contributed by atoms with E-state index in [0.717, 1.165) is 24.0 Å². The van der Waals surface area contributed by atoms with Crippen molar-refractivity contribution in [3.63, 3.8) is 0 Å². The molecule has 1 aliphatic heterocycles. The van der Waals surface area contributed by atoms with E-state index in [9.17, 15) is 4.79 Å². The van der Waals surface area contributed by atoms with Gasteiger partial charge in [-0.15, -0.1) is 0 Å². The molecule has 2 heterocycles. The molecule has 1 fully saturated rings. The lowest BCUT2D eigenvalue weighted by molar-refractivity contribution is 0.0603. The first-order valence-electron chi connectivity index (χ1n) is 7.63. The van der Waals surface area contributed by atoms with Gasteiger partial charge in [0, 0.05) is 37.4 Å². The molecule has 0 unspecified atom stereocenters. The molecular formula is C17H22N2O2. The Morgan fingerprint density at radius 1 is 1.14 bits per heavy atom. The summed E-state index contributed by atoms with van der Waals surface area (Å²) in [6, 6.07) is 6.36. The Bertz CT molecular complexity index is 652. The molecule has 3 rings (SSSR count). The molecule has 4 heteroatoms. The SMILES string of the molecule is COC(=O)c1cn(C)c2cc(N3CCCCCC3)ccc12. The molecule has 4 nitrogen and oxygen atoms in total. The van der Waals surface area contributed by atoms with Crippen LogP contribution in [-0.2, 0) is 11.8 Å². The van der Waals surface area contributed by atoms with Gasteiger partial charge in [0.25, 0.3) is 0 Å². The fourth-order valence-corrected chi connectivity index (χ4v) is 3.17. The Hall–Kier alpha value is -1.97. The molecule has 0 atom stereocenters. The molecule has 1 aliphatic rings. The van der Waals surface area contributed by atoms with Crippen LogP contribution in [0.4, 0.5) is 5.69 Å². The quantitative estimate of drug-likeness (QED) is 0.794. The second-order valence-corrected chi connectivity index (χ2v) is 5.75. The van der Waals surface area contributed by atoms with Gasteiger partial charge in [-0.1, -0.05) is 12.8 Å². The molecular weight excluding hydrogens is 264 g/mol. The van der Waals surface area contributed by atoms with Crippen LogP contribution in [0.25, 0.3) is 10.9 Å². The smallest absolute Gasteiger partial charge is 0.340 e. The zero-order chi connectivity index (χ0) is 14.8. The fourth-order valence-electron chi connectivity index (χ4n) is 3.17. The number of carbonyl (C=O) groups is 1. The minimum atomic E-state index is -0.275. The summed E-state index contributed by atoms with van der Waals surface area (Å²) in [5.41, 5.74) is 2.97. The van der Waals surface area contributed by atoms with Crippen molar-refractivity contribution < 1.29 is 9.53 Å². The maximum absolute atomic E-state index is 11.8. The lowest BCUT2D eigenvalue weighted by Crippen LogP contribution is -2.23. The number of methoxy groups -OCH3 is 1. The number of carbonyl (C=O) groups excluding carboxylic acids is 1. The van der Waals surface area contributed by atoms with E-state index in [4.69, 9.17) is 4.74 Å². The Kier molecular flexibility index (Phi) is 3.86. The van der Waals surface area contributed by atoms with Crippen LogP contribution in [0.2, 0.25) is 0 Å². The molecule has 0 amide bonds. The molecule has 2 aromatic rings. The third kappa shape index (κ3) is 2.62. The minimum Gasteiger partial charge on any atom is -0.465 e. The van der Waals surface area contributed by atoms with Gasteiger partial charge >= 0.3 is 5.97 Å². The monoisotopic (exact) mass is 286 g/mol. The largest absolute Gasteiger partial charge is 0.465 e. The van der Waals surface area contributed by atoms with E-state index < -0.39 is 0 Å². The minimum absolute atomic E-state index is 0.275. The zero-order valence-electron chi connectivity index (χ0n) is 12.8. The van der Waals surface area contributed by atoms with Crippen molar-refractivity contribution in [1.82, 2.24) is 4.57 Å². The molecule has 0 bridgehead atoms. The van der Waals surface area contributed by atoms with Crippen LogP contribution >= 0.6 is 0 Å². The van der Waals surface area contributed by atoms with E-state index in [1.807, 2.05) is 23.9 Å². The van der Waals surface area contributed by atoms with Crippen molar-refractivity contribution in [2.45, 2.75) is 25.7 Å². The summed E-state index contributed by atoms with van der Waals surface area (Å²) < 4.78 is 6.86. The van der Waals surface area contributed by atoms with Crippen LogP contribution in [-0.4, -0.2) is 30.7 Å². The number of aryl methyl sites for hydroxylation is 1. The highest BCUT2D eigenvalue weighted by Crippen LogP contribution is 2.27. The van der Waals surface area contributed by atoms with Crippen LogP contribution in [0, 0.1) is 0 Å². The van der Waals surface area contributed by atoms with Crippen molar-refractivity contribution in [1.29, 1.82) is 0 Å². The van der Waals surface area contributed by atoms with Gasteiger partial charge in [-0.3, -0.25) is 0 Å². The number of rotatable bonds is 2. The molecule has 0 aliphatic carbocycles. The first kappa shape index (κ1) is 14.0. The summed E-state index contributed by atoms with van der Waals surface area (Å²) in [4.78, 5) is 14.3.